The number of allylic oxidation sites excluding steroid dienone is 5. The van der Waals surface area contributed by atoms with E-state index < -0.39 is 0 Å². The molecule has 0 bridgehead atoms. The maximum absolute atomic E-state index is 13.3. The molecule has 0 fully saturated rings. The Hall–Kier alpha value is -0.850. The van der Waals surface area contributed by atoms with Gasteiger partial charge in [0.2, 0.25) is 0 Å². The molecule has 0 nitrogen and oxygen atoms in total. The summed E-state index contributed by atoms with van der Waals surface area (Å²) in [6.07, 6.45) is 0. The van der Waals surface area contributed by atoms with Gasteiger partial charge in [-0.3, -0.25) is 0 Å². The van der Waals surface area contributed by atoms with Crippen LogP contribution in [0.25, 0.3) is 0 Å². The van der Waals surface area contributed by atoms with Crippen LogP contribution in [0.3, 0.4) is 0 Å². The lowest BCUT2D eigenvalue weighted by Crippen LogP contribution is -1.88. The predicted molar refractivity (Wildman–Crippen MR) is 52.7 cm³/mol. The van der Waals surface area contributed by atoms with Gasteiger partial charge < -0.3 is 0 Å². The third kappa shape index (κ3) is 2.65. The third-order valence-electron chi connectivity index (χ3n) is 2.02. The van der Waals surface area contributed by atoms with Crippen LogP contribution < -0.4 is 0 Å². The molecule has 0 radical (unpaired) electrons. The second kappa shape index (κ2) is 4.24. The minimum Gasteiger partial charge on any atom is -0.206 e. The van der Waals surface area contributed by atoms with E-state index in [0.29, 0.717) is 11.1 Å². The van der Waals surface area contributed by atoms with Crippen molar-refractivity contribution >= 4 is 0 Å². The summed E-state index contributed by atoms with van der Waals surface area (Å²) in [6.45, 7) is 12.9. The van der Waals surface area contributed by atoms with Crippen molar-refractivity contribution in [3.8, 4) is 0 Å². The fourth-order valence-corrected chi connectivity index (χ4v) is 0.860. The lowest BCUT2D eigenvalue weighted by atomic mass is 10.0. The van der Waals surface area contributed by atoms with Crippen molar-refractivity contribution in [2.75, 3.05) is 0 Å². The van der Waals surface area contributed by atoms with Crippen LogP contribution in [0.2, 0.25) is 0 Å². The maximum Gasteiger partial charge on any atom is 0.128 e. The van der Waals surface area contributed by atoms with Crippen LogP contribution in [0.4, 0.5) is 4.39 Å². The molecular formula is C11H17F. The second-order valence-corrected chi connectivity index (χ2v) is 3.34. The molecule has 0 aliphatic rings. The summed E-state index contributed by atoms with van der Waals surface area (Å²) >= 11 is 0. The average molecular weight is 168 g/mol. The molecule has 0 unspecified atom stereocenters. The fourth-order valence-electron chi connectivity index (χ4n) is 0.860. The summed E-state index contributed by atoms with van der Waals surface area (Å²) in [5.41, 5.74) is 3.34. The van der Waals surface area contributed by atoms with Crippen LogP contribution >= 0.6 is 0 Å². The summed E-state index contributed by atoms with van der Waals surface area (Å²) in [7, 11) is 0. The molecule has 12 heavy (non-hydrogen) atoms. The molecule has 0 aromatic rings. The van der Waals surface area contributed by atoms with Crippen molar-refractivity contribution in [1.29, 1.82) is 0 Å². The molecule has 1 heteroatoms. The Labute approximate surface area is 74.5 Å². The first-order chi connectivity index (χ1) is 5.37. The Morgan fingerprint density at radius 2 is 1.33 bits per heavy atom. The largest absolute Gasteiger partial charge is 0.206 e. The Bertz CT molecular complexity index is 250. The smallest absolute Gasteiger partial charge is 0.128 e. The molecule has 0 aliphatic carbocycles. The van der Waals surface area contributed by atoms with Crippen molar-refractivity contribution < 1.29 is 4.39 Å². The van der Waals surface area contributed by atoms with Gasteiger partial charge in [-0.1, -0.05) is 12.2 Å². The highest BCUT2D eigenvalue weighted by Gasteiger charge is 2.04. The standard InChI is InChI=1S/C11H17F/c1-7(2)9(5)10(6)11(12)8(3)4/h3H2,1-2,4-6H3/b11-10+. The van der Waals surface area contributed by atoms with Gasteiger partial charge in [0.1, 0.15) is 5.83 Å². The van der Waals surface area contributed by atoms with E-state index in [4.69, 9.17) is 0 Å². The summed E-state index contributed by atoms with van der Waals surface area (Å²) < 4.78 is 13.3. The Balaban J connectivity index is 5.06. The van der Waals surface area contributed by atoms with Crippen LogP contribution in [0.5, 0.6) is 0 Å². The van der Waals surface area contributed by atoms with Crippen LogP contribution in [-0.2, 0) is 0 Å². The quantitative estimate of drug-likeness (QED) is 0.543. The van der Waals surface area contributed by atoms with Gasteiger partial charge >= 0.3 is 0 Å². The molecule has 0 heterocycles. The molecule has 0 saturated carbocycles. The number of hydrogen-bond acceptors (Lipinski definition) is 0. The highest BCUT2D eigenvalue weighted by molar-refractivity contribution is 5.38. The second-order valence-electron chi connectivity index (χ2n) is 3.34. The van der Waals surface area contributed by atoms with Crippen molar-refractivity contribution in [1.82, 2.24) is 0 Å². The molecule has 0 rings (SSSR count). The van der Waals surface area contributed by atoms with E-state index in [1.54, 1.807) is 13.8 Å². The average Bonchev–Trinajstić information content (AvgIpc) is 2.00. The summed E-state index contributed by atoms with van der Waals surface area (Å²) in [4.78, 5) is 0. The Morgan fingerprint density at radius 1 is 0.917 bits per heavy atom. The molecule has 68 valence electrons. The van der Waals surface area contributed by atoms with Gasteiger partial charge in [0, 0.05) is 0 Å². The Kier molecular flexibility index (Phi) is 3.94. The lowest BCUT2D eigenvalue weighted by molar-refractivity contribution is 0.641. The first-order valence-electron chi connectivity index (χ1n) is 4.04. The summed E-state index contributed by atoms with van der Waals surface area (Å²) in [6, 6.07) is 0. The van der Waals surface area contributed by atoms with E-state index in [1.165, 1.54) is 0 Å². The number of rotatable bonds is 2. The molecule has 0 amide bonds. The molecule has 0 aromatic carbocycles. The molecule has 0 N–H and O–H groups in total. The fraction of sp³-hybridized carbons (Fsp3) is 0.455. The summed E-state index contributed by atoms with van der Waals surface area (Å²) in [5.74, 6) is -0.186. The monoisotopic (exact) mass is 168 g/mol. The zero-order chi connectivity index (χ0) is 9.89. The van der Waals surface area contributed by atoms with Crippen molar-refractivity contribution in [3.63, 3.8) is 0 Å². The van der Waals surface area contributed by atoms with Gasteiger partial charge in [-0.15, -0.1) is 0 Å². The Morgan fingerprint density at radius 3 is 1.58 bits per heavy atom. The molecule has 0 saturated heterocycles. The van der Waals surface area contributed by atoms with Gasteiger partial charge in [0.05, 0.1) is 0 Å². The zero-order valence-electron chi connectivity index (χ0n) is 8.59. The molecule has 0 spiro atoms. The topological polar surface area (TPSA) is 0 Å². The SMILES string of the molecule is C=C(C)/C(F)=C(/C)C(C)=C(C)C. The van der Waals surface area contributed by atoms with Crippen LogP contribution in [-0.4, -0.2) is 0 Å². The molecule has 0 aromatic heterocycles. The van der Waals surface area contributed by atoms with E-state index in [1.807, 2.05) is 20.8 Å². The maximum atomic E-state index is 13.3. The highest BCUT2D eigenvalue weighted by Crippen LogP contribution is 2.22. The van der Waals surface area contributed by atoms with Gasteiger partial charge in [0.15, 0.2) is 0 Å². The van der Waals surface area contributed by atoms with Gasteiger partial charge in [-0.05, 0) is 51.3 Å². The summed E-state index contributed by atoms with van der Waals surface area (Å²) in [5, 5.41) is 0. The van der Waals surface area contributed by atoms with Crippen molar-refractivity contribution in [2.45, 2.75) is 34.6 Å². The van der Waals surface area contributed by atoms with Gasteiger partial charge in [-0.25, -0.2) is 4.39 Å². The third-order valence-corrected chi connectivity index (χ3v) is 2.02. The lowest BCUT2D eigenvalue weighted by Gasteiger charge is -2.06. The van der Waals surface area contributed by atoms with E-state index >= 15 is 0 Å². The minimum atomic E-state index is -0.186. The normalized spacial score (nSPS) is 12.2. The van der Waals surface area contributed by atoms with E-state index in [0.717, 1.165) is 11.1 Å². The van der Waals surface area contributed by atoms with Gasteiger partial charge in [-0.2, -0.15) is 0 Å². The van der Waals surface area contributed by atoms with Crippen LogP contribution in [0, 0.1) is 0 Å². The van der Waals surface area contributed by atoms with Crippen LogP contribution in [0.15, 0.2) is 34.7 Å². The van der Waals surface area contributed by atoms with Gasteiger partial charge in [0.25, 0.3) is 0 Å². The predicted octanol–water partition coefficient (Wildman–Crippen LogP) is 4.16. The molecule has 0 atom stereocenters. The first-order valence-corrected chi connectivity index (χ1v) is 4.04. The minimum absolute atomic E-state index is 0.186. The van der Waals surface area contributed by atoms with Crippen LogP contribution in [0.1, 0.15) is 34.6 Å². The van der Waals surface area contributed by atoms with E-state index in [9.17, 15) is 4.39 Å². The van der Waals surface area contributed by atoms with E-state index in [-0.39, 0.29) is 5.83 Å². The number of halogens is 1. The first kappa shape index (κ1) is 11.2. The highest BCUT2D eigenvalue weighted by atomic mass is 19.1. The molecular weight excluding hydrogens is 151 g/mol. The van der Waals surface area contributed by atoms with E-state index in [2.05, 4.69) is 6.58 Å². The van der Waals surface area contributed by atoms with Crippen molar-refractivity contribution in [3.05, 3.63) is 34.7 Å². The number of hydrogen-bond donors (Lipinski definition) is 0. The van der Waals surface area contributed by atoms with Crippen molar-refractivity contribution in [2.24, 2.45) is 0 Å². The molecule has 0 aliphatic heterocycles. The zero-order valence-corrected chi connectivity index (χ0v) is 8.59.